The number of pyridine rings is 1. The molecule has 126 valence electrons. The van der Waals surface area contributed by atoms with Crippen molar-refractivity contribution in [3.05, 3.63) is 30.1 Å². The summed E-state index contributed by atoms with van der Waals surface area (Å²) in [5.74, 6) is -0.430. The van der Waals surface area contributed by atoms with Crippen LogP contribution in [-0.4, -0.2) is 35.9 Å². The van der Waals surface area contributed by atoms with Gasteiger partial charge in [-0.05, 0) is 17.5 Å². The zero-order valence-electron chi connectivity index (χ0n) is 13.0. The second-order valence-corrected chi connectivity index (χ2v) is 5.63. The van der Waals surface area contributed by atoms with Crippen LogP contribution in [0.4, 0.5) is 0 Å². The van der Waals surface area contributed by atoms with Gasteiger partial charge < -0.3 is 16.4 Å². The number of carbonyl (C=O) groups is 2. The summed E-state index contributed by atoms with van der Waals surface area (Å²) >= 11 is 0. The minimum atomic E-state index is -0.573. The van der Waals surface area contributed by atoms with Crippen LogP contribution in [0.25, 0.3) is 0 Å². The molecule has 0 aliphatic rings. The van der Waals surface area contributed by atoms with Crippen LogP contribution in [0.3, 0.4) is 0 Å². The number of hydrogen-bond acceptors (Lipinski definition) is 4. The van der Waals surface area contributed by atoms with E-state index < -0.39 is 6.04 Å². The highest BCUT2D eigenvalue weighted by molar-refractivity contribution is 5.93. The van der Waals surface area contributed by atoms with E-state index in [2.05, 4.69) is 15.6 Å². The van der Waals surface area contributed by atoms with Crippen LogP contribution in [0.15, 0.2) is 24.5 Å². The Kier molecular flexibility index (Phi) is 10.8. The SMILES string of the molecule is CC(C)(C)[C@H](N)C(=O)NCCNC(=O)c1cccnc1.Cl.Cl. The number of aromatic nitrogens is 1. The fourth-order valence-electron chi connectivity index (χ4n) is 1.46. The molecular formula is C14H24Cl2N4O2. The molecule has 22 heavy (non-hydrogen) atoms. The van der Waals surface area contributed by atoms with E-state index in [1.54, 1.807) is 18.3 Å². The van der Waals surface area contributed by atoms with Crippen molar-refractivity contribution in [2.75, 3.05) is 13.1 Å². The summed E-state index contributed by atoms with van der Waals surface area (Å²) in [5, 5.41) is 5.40. The molecule has 1 rings (SSSR count). The number of rotatable bonds is 5. The number of nitrogens with one attached hydrogen (secondary N) is 2. The predicted molar refractivity (Wildman–Crippen MR) is 91.5 cm³/mol. The Bertz CT molecular complexity index is 464. The second kappa shape index (κ2) is 10.4. The van der Waals surface area contributed by atoms with E-state index in [9.17, 15) is 9.59 Å². The van der Waals surface area contributed by atoms with E-state index in [4.69, 9.17) is 5.73 Å². The van der Waals surface area contributed by atoms with Crippen molar-refractivity contribution in [3.63, 3.8) is 0 Å². The summed E-state index contributed by atoms with van der Waals surface area (Å²) in [4.78, 5) is 27.3. The molecule has 0 saturated carbocycles. The molecule has 1 aromatic rings. The average Bonchev–Trinajstić information content (AvgIpc) is 2.42. The van der Waals surface area contributed by atoms with Gasteiger partial charge in [-0.2, -0.15) is 0 Å². The maximum absolute atomic E-state index is 11.7. The van der Waals surface area contributed by atoms with Crippen molar-refractivity contribution in [2.24, 2.45) is 11.1 Å². The average molecular weight is 351 g/mol. The molecule has 0 spiro atoms. The molecule has 4 N–H and O–H groups in total. The lowest BCUT2D eigenvalue weighted by Gasteiger charge is -2.25. The van der Waals surface area contributed by atoms with Crippen LogP contribution in [-0.2, 0) is 4.79 Å². The summed E-state index contributed by atoms with van der Waals surface area (Å²) in [5.41, 5.74) is 6.02. The Morgan fingerprint density at radius 3 is 2.32 bits per heavy atom. The summed E-state index contributed by atoms with van der Waals surface area (Å²) in [6.07, 6.45) is 3.09. The predicted octanol–water partition coefficient (Wildman–Crippen LogP) is 1.14. The molecule has 0 unspecified atom stereocenters. The molecule has 0 aliphatic heterocycles. The first-order valence-electron chi connectivity index (χ1n) is 6.54. The number of nitrogens with zero attached hydrogens (tertiary/aromatic N) is 1. The molecule has 1 atom stereocenters. The van der Waals surface area contributed by atoms with Crippen molar-refractivity contribution in [1.29, 1.82) is 0 Å². The minimum Gasteiger partial charge on any atom is -0.353 e. The maximum Gasteiger partial charge on any atom is 0.252 e. The third kappa shape index (κ3) is 7.59. The van der Waals surface area contributed by atoms with E-state index in [0.29, 0.717) is 18.7 Å². The second-order valence-electron chi connectivity index (χ2n) is 5.63. The van der Waals surface area contributed by atoms with Gasteiger partial charge in [0.05, 0.1) is 11.6 Å². The number of nitrogens with two attached hydrogens (primary N) is 1. The normalized spacial score (nSPS) is 11.5. The third-order valence-corrected chi connectivity index (χ3v) is 2.85. The lowest BCUT2D eigenvalue weighted by atomic mass is 9.87. The first kappa shape index (κ1) is 22.9. The van der Waals surface area contributed by atoms with Gasteiger partial charge >= 0.3 is 0 Å². The summed E-state index contributed by atoms with van der Waals surface area (Å²) < 4.78 is 0. The Hall–Kier alpha value is -1.37. The molecule has 6 nitrogen and oxygen atoms in total. The molecular weight excluding hydrogens is 327 g/mol. The number of carbonyl (C=O) groups excluding carboxylic acids is 2. The molecule has 0 aromatic carbocycles. The molecule has 8 heteroatoms. The quantitative estimate of drug-likeness (QED) is 0.693. The summed E-state index contributed by atoms with van der Waals surface area (Å²) in [7, 11) is 0. The van der Waals surface area contributed by atoms with E-state index in [1.807, 2.05) is 20.8 Å². The van der Waals surface area contributed by atoms with Gasteiger partial charge in [-0.1, -0.05) is 20.8 Å². The third-order valence-electron chi connectivity index (χ3n) is 2.85. The van der Waals surface area contributed by atoms with E-state index >= 15 is 0 Å². The van der Waals surface area contributed by atoms with Crippen molar-refractivity contribution >= 4 is 36.6 Å². The maximum atomic E-state index is 11.7. The largest absolute Gasteiger partial charge is 0.353 e. The molecule has 2 amide bonds. The van der Waals surface area contributed by atoms with Crippen LogP contribution in [0.1, 0.15) is 31.1 Å². The Morgan fingerprint density at radius 1 is 1.23 bits per heavy atom. The Labute approximate surface area is 143 Å². The fourth-order valence-corrected chi connectivity index (χ4v) is 1.46. The topological polar surface area (TPSA) is 97.1 Å². The van der Waals surface area contributed by atoms with E-state index in [1.165, 1.54) is 6.20 Å². The number of hydrogen-bond donors (Lipinski definition) is 3. The van der Waals surface area contributed by atoms with Crippen molar-refractivity contribution in [3.8, 4) is 0 Å². The van der Waals surface area contributed by atoms with Gasteiger partial charge in [0, 0.05) is 25.5 Å². The van der Waals surface area contributed by atoms with Crippen LogP contribution < -0.4 is 16.4 Å². The zero-order valence-corrected chi connectivity index (χ0v) is 14.6. The number of amides is 2. The van der Waals surface area contributed by atoms with E-state index in [0.717, 1.165) is 0 Å². The van der Waals surface area contributed by atoms with Gasteiger partial charge in [-0.15, -0.1) is 24.8 Å². The first-order valence-corrected chi connectivity index (χ1v) is 6.54. The summed E-state index contributed by atoms with van der Waals surface area (Å²) in [6, 6.07) is 2.80. The lowest BCUT2D eigenvalue weighted by molar-refractivity contribution is -0.124. The van der Waals surface area contributed by atoms with Crippen LogP contribution >= 0.6 is 24.8 Å². The van der Waals surface area contributed by atoms with Crippen LogP contribution in [0.5, 0.6) is 0 Å². The Morgan fingerprint density at radius 2 is 1.82 bits per heavy atom. The fraction of sp³-hybridized carbons (Fsp3) is 0.500. The highest BCUT2D eigenvalue weighted by Crippen LogP contribution is 2.16. The van der Waals surface area contributed by atoms with Gasteiger partial charge in [-0.25, -0.2) is 0 Å². The highest BCUT2D eigenvalue weighted by Gasteiger charge is 2.26. The van der Waals surface area contributed by atoms with E-state index in [-0.39, 0.29) is 42.0 Å². The van der Waals surface area contributed by atoms with Gasteiger partial charge in [0.2, 0.25) is 5.91 Å². The van der Waals surface area contributed by atoms with Crippen molar-refractivity contribution < 1.29 is 9.59 Å². The van der Waals surface area contributed by atoms with Gasteiger partial charge in [0.15, 0.2) is 0 Å². The minimum absolute atomic E-state index is 0. The van der Waals surface area contributed by atoms with Crippen molar-refractivity contribution in [1.82, 2.24) is 15.6 Å². The van der Waals surface area contributed by atoms with Gasteiger partial charge in [-0.3, -0.25) is 14.6 Å². The molecule has 0 fully saturated rings. The lowest BCUT2D eigenvalue weighted by Crippen LogP contribution is -2.49. The molecule has 0 aliphatic carbocycles. The highest BCUT2D eigenvalue weighted by atomic mass is 35.5. The molecule has 0 radical (unpaired) electrons. The molecule has 1 heterocycles. The van der Waals surface area contributed by atoms with Crippen LogP contribution in [0, 0.1) is 5.41 Å². The smallest absolute Gasteiger partial charge is 0.252 e. The monoisotopic (exact) mass is 350 g/mol. The molecule has 1 aromatic heterocycles. The van der Waals surface area contributed by atoms with Gasteiger partial charge in [0.1, 0.15) is 0 Å². The Balaban J connectivity index is 0. The molecule has 0 bridgehead atoms. The standard InChI is InChI=1S/C14H22N4O2.2ClH/c1-14(2,3)11(15)13(20)18-8-7-17-12(19)10-5-4-6-16-9-10;;/h4-6,9,11H,7-8,15H2,1-3H3,(H,17,19)(H,18,20);2*1H/t11-;;/m1../s1. The van der Waals surface area contributed by atoms with Gasteiger partial charge in [0.25, 0.3) is 5.91 Å². The molecule has 0 saturated heterocycles. The summed E-state index contributed by atoms with van der Waals surface area (Å²) in [6.45, 7) is 6.40. The first-order chi connectivity index (χ1) is 9.32. The number of halogens is 2. The van der Waals surface area contributed by atoms with Crippen molar-refractivity contribution in [2.45, 2.75) is 26.8 Å². The van der Waals surface area contributed by atoms with Crippen LogP contribution in [0.2, 0.25) is 0 Å². The zero-order chi connectivity index (χ0) is 15.2.